The van der Waals surface area contributed by atoms with Gasteiger partial charge < -0.3 is 15.5 Å². The molecule has 0 unspecified atom stereocenters. The average Bonchev–Trinajstić information content (AvgIpc) is 2.56. The molecule has 1 aliphatic carbocycles. The molecule has 2 aromatic carbocycles. The molecule has 1 aliphatic rings. The number of anilines is 1. The second-order valence-electron chi connectivity index (χ2n) is 5.66. The molecule has 1 amide bonds. The number of fused-ring (bicyclic) bond motifs is 1. The van der Waals surface area contributed by atoms with E-state index in [1.165, 1.54) is 0 Å². The number of phenolic OH excluding ortho intramolecular Hbond substituents is 1. The highest BCUT2D eigenvalue weighted by Gasteiger charge is 2.34. The first-order valence-corrected chi connectivity index (χ1v) is 7.47. The number of hydrogen-bond donors (Lipinski definition) is 3. The standard InChI is InChI=1S/C18H17NO4/c20-16-10-4-7-11-12(16)8-3-9-15(11)19-17(21)13-5-1-2-6-14(13)18(22)23/h1-4,7-10,13-14,20H,5-6H2,(H,19,21)(H,22,23)/t13-,14+/m0/s1. The van der Waals surface area contributed by atoms with Crippen LogP contribution in [0.1, 0.15) is 12.8 Å². The Kier molecular flexibility index (Phi) is 4.02. The molecule has 0 saturated heterocycles. The number of nitrogens with one attached hydrogen (secondary N) is 1. The maximum atomic E-state index is 12.5. The van der Waals surface area contributed by atoms with Crippen molar-refractivity contribution in [3.63, 3.8) is 0 Å². The molecule has 0 heterocycles. The quantitative estimate of drug-likeness (QED) is 0.760. The number of carboxylic acid groups (broad SMARTS) is 1. The number of aliphatic carboxylic acids is 1. The summed E-state index contributed by atoms with van der Waals surface area (Å²) in [6, 6.07) is 10.3. The predicted molar refractivity (Wildman–Crippen MR) is 87.2 cm³/mol. The number of benzene rings is 2. The monoisotopic (exact) mass is 311 g/mol. The van der Waals surface area contributed by atoms with E-state index in [2.05, 4.69) is 5.32 Å². The molecular weight excluding hydrogens is 294 g/mol. The Balaban J connectivity index is 1.90. The average molecular weight is 311 g/mol. The number of carbonyl (C=O) groups excluding carboxylic acids is 1. The molecule has 0 spiro atoms. The fourth-order valence-corrected chi connectivity index (χ4v) is 3.00. The van der Waals surface area contributed by atoms with E-state index in [0.29, 0.717) is 23.9 Å². The second kappa shape index (κ2) is 6.12. The summed E-state index contributed by atoms with van der Waals surface area (Å²) in [5, 5.41) is 23.4. The lowest BCUT2D eigenvalue weighted by atomic mass is 9.82. The smallest absolute Gasteiger partial charge is 0.307 e. The van der Waals surface area contributed by atoms with Crippen LogP contribution in [0.5, 0.6) is 5.75 Å². The molecule has 0 fully saturated rings. The fraction of sp³-hybridized carbons (Fsp3) is 0.222. The van der Waals surface area contributed by atoms with E-state index in [-0.39, 0.29) is 11.7 Å². The maximum absolute atomic E-state index is 12.5. The fourth-order valence-electron chi connectivity index (χ4n) is 3.00. The Morgan fingerprint density at radius 3 is 2.35 bits per heavy atom. The normalized spacial score (nSPS) is 20.3. The first-order chi connectivity index (χ1) is 11.1. The lowest BCUT2D eigenvalue weighted by Crippen LogP contribution is -2.34. The predicted octanol–water partition coefficient (Wildman–Crippen LogP) is 3.15. The van der Waals surface area contributed by atoms with Crippen LogP contribution in [0.15, 0.2) is 48.6 Å². The highest BCUT2D eigenvalue weighted by molar-refractivity contribution is 6.05. The zero-order valence-corrected chi connectivity index (χ0v) is 12.4. The van der Waals surface area contributed by atoms with Gasteiger partial charge in [0.2, 0.25) is 5.91 Å². The van der Waals surface area contributed by atoms with Crippen molar-refractivity contribution in [1.82, 2.24) is 0 Å². The Morgan fingerprint density at radius 1 is 0.957 bits per heavy atom. The van der Waals surface area contributed by atoms with Gasteiger partial charge in [-0.15, -0.1) is 0 Å². The van der Waals surface area contributed by atoms with Gasteiger partial charge in [0.05, 0.1) is 11.8 Å². The van der Waals surface area contributed by atoms with Gasteiger partial charge in [0.15, 0.2) is 0 Å². The molecule has 3 rings (SSSR count). The van der Waals surface area contributed by atoms with Gasteiger partial charge in [-0.05, 0) is 25.0 Å². The molecule has 0 aromatic heterocycles. The Morgan fingerprint density at radius 2 is 1.61 bits per heavy atom. The largest absolute Gasteiger partial charge is 0.507 e. The zero-order valence-electron chi connectivity index (χ0n) is 12.4. The van der Waals surface area contributed by atoms with Crippen LogP contribution in [0.25, 0.3) is 10.8 Å². The van der Waals surface area contributed by atoms with Crippen molar-refractivity contribution in [1.29, 1.82) is 0 Å². The van der Waals surface area contributed by atoms with Crippen molar-refractivity contribution in [2.75, 3.05) is 5.32 Å². The van der Waals surface area contributed by atoms with Gasteiger partial charge in [0, 0.05) is 16.5 Å². The van der Waals surface area contributed by atoms with Crippen molar-refractivity contribution in [3.8, 4) is 5.75 Å². The summed E-state index contributed by atoms with van der Waals surface area (Å²) in [5.41, 5.74) is 0.571. The number of amides is 1. The van der Waals surface area contributed by atoms with E-state index in [0.717, 1.165) is 5.39 Å². The molecule has 2 atom stereocenters. The maximum Gasteiger partial charge on any atom is 0.307 e. The number of hydrogen-bond acceptors (Lipinski definition) is 3. The van der Waals surface area contributed by atoms with E-state index in [1.807, 2.05) is 6.08 Å². The number of rotatable bonds is 3. The van der Waals surface area contributed by atoms with Crippen LogP contribution in [0, 0.1) is 11.8 Å². The Hall–Kier alpha value is -2.82. The van der Waals surface area contributed by atoms with Crippen molar-refractivity contribution >= 4 is 28.3 Å². The highest BCUT2D eigenvalue weighted by Crippen LogP contribution is 2.32. The molecule has 5 nitrogen and oxygen atoms in total. The summed E-state index contributed by atoms with van der Waals surface area (Å²) in [4.78, 5) is 23.9. The molecule has 118 valence electrons. The van der Waals surface area contributed by atoms with Crippen LogP contribution in [-0.2, 0) is 9.59 Å². The molecule has 0 bridgehead atoms. The summed E-state index contributed by atoms with van der Waals surface area (Å²) in [6.07, 6.45) is 4.43. The first kappa shape index (κ1) is 15.1. The van der Waals surface area contributed by atoms with E-state index in [9.17, 15) is 19.8 Å². The van der Waals surface area contributed by atoms with Gasteiger partial charge in [-0.25, -0.2) is 0 Å². The molecule has 2 aromatic rings. The lowest BCUT2D eigenvalue weighted by Gasteiger charge is -2.24. The van der Waals surface area contributed by atoms with Crippen LogP contribution in [0.3, 0.4) is 0 Å². The minimum absolute atomic E-state index is 0.141. The molecule has 23 heavy (non-hydrogen) atoms. The number of aromatic hydroxyl groups is 1. The minimum atomic E-state index is -0.954. The molecular formula is C18H17NO4. The van der Waals surface area contributed by atoms with Crippen molar-refractivity contribution < 1.29 is 19.8 Å². The third-order valence-corrected chi connectivity index (χ3v) is 4.24. The SMILES string of the molecule is O=C(Nc1cccc2c(O)cccc12)[C@H]1CC=CC[C@H]1C(=O)O. The van der Waals surface area contributed by atoms with Crippen LogP contribution < -0.4 is 5.32 Å². The van der Waals surface area contributed by atoms with Crippen LogP contribution >= 0.6 is 0 Å². The summed E-state index contributed by atoms with van der Waals surface area (Å²) in [6.45, 7) is 0. The van der Waals surface area contributed by atoms with E-state index in [1.54, 1.807) is 42.5 Å². The van der Waals surface area contributed by atoms with Gasteiger partial charge in [-0.2, -0.15) is 0 Å². The summed E-state index contributed by atoms with van der Waals surface area (Å²) in [7, 11) is 0. The van der Waals surface area contributed by atoms with E-state index < -0.39 is 17.8 Å². The van der Waals surface area contributed by atoms with Gasteiger partial charge in [0.1, 0.15) is 5.75 Å². The summed E-state index contributed by atoms with van der Waals surface area (Å²) < 4.78 is 0. The van der Waals surface area contributed by atoms with Gasteiger partial charge in [-0.3, -0.25) is 9.59 Å². The van der Waals surface area contributed by atoms with Gasteiger partial charge in [-0.1, -0.05) is 36.4 Å². The molecule has 0 radical (unpaired) electrons. The number of carbonyl (C=O) groups is 2. The molecule has 0 aliphatic heterocycles. The van der Waals surface area contributed by atoms with Gasteiger partial charge >= 0.3 is 5.97 Å². The Labute approximate surface area is 133 Å². The number of allylic oxidation sites excluding steroid dienone is 2. The van der Waals surface area contributed by atoms with Crippen LogP contribution in [-0.4, -0.2) is 22.1 Å². The number of phenols is 1. The topological polar surface area (TPSA) is 86.6 Å². The van der Waals surface area contributed by atoms with Crippen molar-refractivity contribution in [3.05, 3.63) is 48.6 Å². The van der Waals surface area contributed by atoms with Gasteiger partial charge in [0.25, 0.3) is 0 Å². The van der Waals surface area contributed by atoms with Crippen molar-refractivity contribution in [2.24, 2.45) is 11.8 Å². The Bertz CT molecular complexity index is 797. The summed E-state index contributed by atoms with van der Waals surface area (Å²) >= 11 is 0. The van der Waals surface area contributed by atoms with E-state index in [4.69, 9.17) is 0 Å². The summed E-state index contributed by atoms with van der Waals surface area (Å²) in [5.74, 6) is -2.42. The third-order valence-electron chi connectivity index (χ3n) is 4.24. The van der Waals surface area contributed by atoms with Crippen molar-refractivity contribution in [2.45, 2.75) is 12.8 Å². The van der Waals surface area contributed by atoms with E-state index >= 15 is 0 Å². The zero-order chi connectivity index (χ0) is 16.4. The minimum Gasteiger partial charge on any atom is -0.507 e. The molecule has 0 saturated carbocycles. The third kappa shape index (κ3) is 2.90. The molecule has 3 N–H and O–H groups in total. The second-order valence-corrected chi connectivity index (χ2v) is 5.66. The highest BCUT2D eigenvalue weighted by atomic mass is 16.4. The molecule has 5 heteroatoms. The van der Waals surface area contributed by atoms with Crippen LogP contribution in [0.4, 0.5) is 5.69 Å². The first-order valence-electron chi connectivity index (χ1n) is 7.47. The lowest BCUT2D eigenvalue weighted by molar-refractivity contribution is -0.146. The van der Waals surface area contributed by atoms with Crippen LogP contribution in [0.2, 0.25) is 0 Å². The number of carboxylic acids is 1.